The Balaban J connectivity index is 1.89. The third kappa shape index (κ3) is 5.26. The van der Waals surface area contributed by atoms with E-state index in [9.17, 15) is 4.79 Å². The van der Waals surface area contributed by atoms with Crippen molar-refractivity contribution in [2.24, 2.45) is 0 Å². The van der Waals surface area contributed by atoms with Gasteiger partial charge in [0.1, 0.15) is 5.76 Å². The highest BCUT2D eigenvalue weighted by atomic mass is 16.3. The lowest BCUT2D eigenvalue weighted by atomic mass is 10.2. The SMILES string of the molecule is CN(Cc1ccc(N(C)C)cc1)C(=O)NCC(c1ccco1)N(C)C. The molecule has 0 aliphatic carbocycles. The topological polar surface area (TPSA) is 52.0 Å². The van der Waals surface area contributed by atoms with Crippen molar-refractivity contribution in [1.82, 2.24) is 15.1 Å². The summed E-state index contributed by atoms with van der Waals surface area (Å²) in [7, 11) is 9.75. The second kappa shape index (κ2) is 8.58. The zero-order chi connectivity index (χ0) is 18.4. The first-order valence-electron chi connectivity index (χ1n) is 8.33. The molecule has 6 nitrogen and oxygen atoms in total. The number of hydrogen-bond donors (Lipinski definition) is 1. The molecule has 0 saturated carbocycles. The Kier molecular flexibility index (Phi) is 6.47. The first-order chi connectivity index (χ1) is 11.9. The molecule has 2 rings (SSSR count). The molecule has 0 aliphatic heterocycles. The average Bonchev–Trinajstić information content (AvgIpc) is 3.09. The fourth-order valence-corrected chi connectivity index (χ4v) is 2.58. The molecular weight excluding hydrogens is 316 g/mol. The van der Waals surface area contributed by atoms with Crippen LogP contribution in [0.3, 0.4) is 0 Å². The molecule has 25 heavy (non-hydrogen) atoms. The summed E-state index contributed by atoms with van der Waals surface area (Å²) < 4.78 is 5.47. The molecule has 136 valence electrons. The van der Waals surface area contributed by atoms with Crippen LogP contribution in [0.5, 0.6) is 0 Å². The van der Waals surface area contributed by atoms with Gasteiger partial charge in [-0.05, 0) is 43.9 Å². The molecule has 1 unspecified atom stereocenters. The summed E-state index contributed by atoms with van der Waals surface area (Å²) in [6.07, 6.45) is 1.65. The van der Waals surface area contributed by atoms with E-state index in [-0.39, 0.29) is 12.1 Å². The van der Waals surface area contributed by atoms with Crippen molar-refractivity contribution in [1.29, 1.82) is 0 Å². The van der Waals surface area contributed by atoms with Crippen molar-refractivity contribution in [2.45, 2.75) is 12.6 Å². The maximum Gasteiger partial charge on any atom is 0.317 e. The van der Waals surface area contributed by atoms with Gasteiger partial charge in [-0.3, -0.25) is 4.90 Å². The van der Waals surface area contributed by atoms with Gasteiger partial charge in [0.2, 0.25) is 0 Å². The predicted octanol–water partition coefficient (Wildman–Crippen LogP) is 2.79. The van der Waals surface area contributed by atoms with Crippen LogP contribution in [0.25, 0.3) is 0 Å². The number of benzene rings is 1. The van der Waals surface area contributed by atoms with E-state index in [4.69, 9.17) is 4.42 Å². The standard InChI is InChI=1S/C19H28N4O2/c1-21(2)16-10-8-15(9-11-16)14-23(5)19(24)20-13-17(22(3)4)18-7-6-12-25-18/h6-12,17H,13-14H2,1-5H3,(H,20,24). The zero-order valence-electron chi connectivity index (χ0n) is 15.7. The molecule has 1 heterocycles. The number of carbonyl (C=O) groups excluding carboxylic acids is 1. The zero-order valence-corrected chi connectivity index (χ0v) is 15.7. The summed E-state index contributed by atoms with van der Waals surface area (Å²) in [5.41, 5.74) is 2.24. The number of nitrogens with one attached hydrogen (secondary N) is 1. The van der Waals surface area contributed by atoms with Crippen molar-refractivity contribution < 1.29 is 9.21 Å². The van der Waals surface area contributed by atoms with E-state index in [2.05, 4.69) is 22.3 Å². The molecule has 0 aliphatic rings. The van der Waals surface area contributed by atoms with E-state index in [1.54, 1.807) is 18.2 Å². The number of rotatable bonds is 7. The smallest absolute Gasteiger partial charge is 0.317 e. The predicted molar refractivity (Wildman–Crippen MR) is 101 cm³/mol. The number of urea groups is 1. The molecule has 2 aromatic rings. The molecule has 0 bridgehead atoms. The molecule has 1 atom stereocenters. The van der Waals surface area contributed by atoms with Gasteiger partial charge in [-0.1, -0.05) is 12.1 Å². The Hall–Kier alpha value is -2.47. The van der Waals surface area contributed by atoms with Gasteiger partial charge in [-0.25, -0.2) is 4.79 Å². The number of nitrogens with zero attached hydrogens (tertiary/aromatic N) is 3. The Bertz CT molecular complexity index is 651. The number of anilines is 1. The summed E-state index contributed by atoms with van der Waals surface area (Å²) in [4.78, 5) is 18.1. The molecule has 0 saturated heterocycles. The highest BCUT2D eigenvalue weighted by molar-refractivity contribution is 5.73. The van der Waals surface area contributed by atoms with Crippen molar-refractivity contribution >= 4 is 11.7 Å². The fourth-order valence-electron chi connectivity index (χ4n) is 2.58. The molecule has 0 spiro atoms. The van der Waals surface area contributed by atoms with Crippen LogP contribution in [0.2, 0.25) is 0 Å². The van der Waals surface area contributed by atoms with Gasteiger partial charge in [0.15, 0.2) is 0 Å². The van der Waals surface area contributed by atoms with Crippen molar-refractivity contribution in [3.63, 3.8) is 0 Å². The lowest BCUT2D eigenvalue weighted by Gasteiger charge is -2.25. The molecule has 0 radical (unpaired) electrons. The molecule has 1 N–H and O–H groups in total. The summed E-state index contributed by atoms with van der Waals surface area (Å²) >= 11 is 0. The molecule has 6 heteroatoms. The quantitative estimate of drug-likeness (QED) is 0.839. The van der Waals surface area contributed by atoms with Gasteiger partial charge >= 0.3 is 6.03 Å². The number of carbonyl (C=O) groups is 1. The minimum absolute atomic E-state index is 0.00623. The number of likely N-dealkylation sites (N-methyl/N-ethyl adjacent to an activating group) is 1. The van der Waals surface area contributed by atoms with Gasteiger partial charge in [0.05, 0.1) is 12.3 Å². The van der Waals surface area contributed by atoms with Gasteiger partial charge in [0.25, 0.3) is 0 Å². The number of furan rings is 1. The van der Waals surface area contributed by atoms with Crippen molar-refractivity contribution in [2.75, 3.05) is 46.7 Å². The first kappa shape index (κ1) is 18.9. The van der Waals surface area contributed by atoms with Crippen molar-refractivity contribution in [3.8, 4) is 0 Å². The Labute approximate surface area is 150 Å². The van der Waals surface area contributed by atoms with E-state index >= 15 is 0 Å². The lowest BCUT2D eigenvalue weighted by Crippen LogP contribution is -2.41. The average molecular weight is 344 g/mol. The van der Waals surface area contributed by atoms with Gasteiger partial charge < -0.3 is 19.5 Å². The Morgan fingerprint density at radius 3 is 2.28 bits per heavy atom. The van der Waals surface area contributed by atoms with Crippen LogP contribution < -0.4 is 10.2 Å². The molecule has 0 fully saturated rings. The van der Waals surface area contributed by atoms with E-state index in [1.807, 2.05) is 57.4 Å². The fraction of sp³-hybridized carbons (Fsp3) is 0.421. The summed E-state index contributed by atoms with van der Waals surface area (Å²) in [5, 5.41) is 2.98. The maximum atomic E-state index is 12.4. The van der Waals surface area contributed by atoms with Gasteiger partial charge in [-0.2, -0.15) is 0 Å². The minimum atomic E-state index is -0.102. The van der Waals surface area contributed by atoms with E-state index < -0.39 is 0 Å². The van der Waals surface area contributed by atoms with Gasteiger partial charge in [-0.15, -0.1) is 0 Å². The minimum Gasteiger partial charge on any atom is -0.468 e. The first-order valence-corrected chi connectivity index (χ1v) is 8.33. The highest BCUT2D eigenvalue weighted by Crippen LogP contribution is 2.18. The van der Waals surface area contributed by atoms with Crippen LogP contribution in [0.15, 0.2) is 47.1 Å². The van der Waals surface area contributed by atoms with E-state index in [1.165, 1.54) is 0 Å². The summed E-state index contributed by atoms with van der Waals surface area (Å²) in [5.74, 6) is 0.840. The van der Waals surface area contributed by atoms with Crippen LogP contribution >= 0.6 is 0 Å². The van der Waals surface area contributed by atoms with E-state index in [0.717, 1.165) is 17.0 Å². The maximum absolute atomic E-state index is 12.4. The molecule has 2 amide bonds. The third-order valence-corrected chi connectivity index (χ3v) is 4.16. The lowest BCUT2D eigenvalue weighted by molar-refractivity contribution is 0.197. The second-order valence-electron chi connectivity index (χ2n) is 6.60. The molecular formula is C19H28N4O2. The Morgan fingerprint density at radius 1 is 1.08 bits per heavy atom. The monoisotopic (exact) mass is 344 g/mol. The largest absolute Gasteiger partial charge is 0.468 e. The van der Waals surface area contributed by atoms with E-state index in [0.29, 0.717) is 13.1 Å². The molecule has 1 aromatic carbocycles. The Morgan fingerprint density at radius 2 is 1.76 bits per heavy atom. The van der Waals surface area contributed by atoms with Gasteiger partial charge in [0, 0.05) is 39.9 Å². The highest BCUT2D eigenvalue weighted by Gasteiger charge is 2.19. The number of amides is 2. The van der Waals surface area contributed by atoms with Crippen LogP contribution in [0.1, 0.15) is 17.4 Å². The van der Waals surface area contributed by atoms with Crippen LogP contribution in [0.4, 0.5) is 10.5 Å². The summed E-state index contributed by atoms with van der Waals surface area (Å²) in [6, 6.07) is 11.9. The molecule has 1 aromatic heterocycles. The van der Waals surface area contributed by atoms with Crippen LogP contribution in [-0.2, 0) is 6.54 Å². The van der Waals surface area contributed by atoms with Crippen LogP contribution in [-0.4, -0.2) is 57.6 Å². The second-order valence-corrected chi connectivity index (χ2v) is 6.60. The third-order valence-electron chi connectivity index (χ3n) is 4.16. The van der Waals surface area contributed by atoms with Crippen molar-refractivity contribution in [3.05, 3.63) is 54.0 Å². The summed E-state index contributed by atoms with van der Waals surface area (Å²) in [6.45, 7) is 1.05. The normalized spacial score (nSPS) is 12.1. The number of hydrogen-bond acceptors (Lipinski definition) is 4. The van der Waals surface area contributed by atoms with Crippen LogP contribution in [0, 0.1) is 0 Å².